The lowest BCUT2D eigenvalue weighted by Crippen LogP contribution is -2.47. The lowest BCUT2D eigenvalue weighted by atomic mass is 10.2. The van der Waals surface area contributed by atoms with Gasteiger partial charge in [-0.05, 0) is 36.4 Å². The van der Waals surface area contributed by atoms with E-state index in [1.807, 2.05) is 18.2 Å². The molecule has 9 nitrogen and oxygen atoms in total. The summed E-state index contributed by atoms with van der Waals surface area (Å²) < 4.78 is 38.1. The number of nitrogens with zero attached hydrogens (tertiary/aromatic N) is 1. The van der Waals surface area contributed by atoms with Crippen LogP contribution >= 0.6 is 0 Å². The average molecular weight is 434 g/mol. The lowest BCUT2D eigenvalue weighted by Gasteiger charge is -2.28. The van der Waals surface area contributed by atoms with E-state index >= 15 is 0 Å². The highest BCUT2D eigenvalue weighted by Crippen LogP contribution is 2.22. The summed E-state index contributed by atoms with van der Waals surface area (Å²) in [5.41, 5.74) is 0. The standard InChI is InChI=1S/C20H22N2O7S/c23-19(22-10-12-28-13-11-22)14-18(20(24)25)21-30(26,27)17-8-6-16(7-9-17)29-15-4-2-1-3-5-15/h1-9,18,21H,10-14H2,(H,24,25). The normalized spacial score (nSPS) is 15.4. The third-order valence-electron chi connectivity index (χ3n) is 4.45. The molecule has 0 spiro atoms. The molecule has 1 amide bonds. The summed E-state index contributed by atoms with van der Waals surface area (Å²) in [4.78, 5) is 25.2. The maximum atomic E-state index is 12.6. The van der Waals surface area contributed by atoms with Crippen molar-refractivity contribution in [2.24, 2.45) is 0 Å². The Morgan fingerprint density at radius 2 is 1.63 bits per heavy atom. The molecule has 1 atom stereocenters. The highest BCUT2D eigenvalue weighted by atomic mass is 32.2. The second-order valence-electron chi connectivity index (χ2n) is 6.60. The molecule has 0 aromatic heterocycles. The molecule has 2 aromatic carbocycles. The molecule has 30 heavy (non-hydrogen) atoms. The van der Waals surface area contributed by atoms with Crippen molar-refractivity contribution in [2.45, 2.75) is 17.4 Å². The summed E-state index contributed by atoms with van der Waals surface area (Å²) in [7, 11) is -4.15. The summed E-state index contributed by atoms with van der Waals surface area (Å²) in [5, 5.41) is 9.40. The van der Waals surface area contributed by atoms with E-state index in [1.54, 1.807) is 12.1 Å². The first-order valence-corrected chi connectivity index (χ1v) is 10.8. The molecule has 1 heterocycles. The number of morpholine rings is 1. The van der Waals surface area contributed by atoms with Gasteiger partial charge >= 0.3 is 5.97 Å². The minimum atomic E-state index is -4.15. The highest BCUT2D eigenvalue weighted by molar-refractivity contribution is 7.89. The number of carboxylic acid groups (broad SMARTS) is 1. The van der Waals surface area contributed by atoms with Gasteiger partial charge in [-0.3, -0.25) is 9.59 Å². The number of sulfonamides is 1. The van der Waals surface area contributed by atoms with Gasteiger partial charge in [-0.25, -0.2) is 8.42 Å². The Morgan fingerprint density at radius 1 is 1.03 bits per heavy atom. The Morgan fingerprint density at radius 3 is 2.23 bits per heavy atom. The summed E-state index contributed by atoms with van der Waals surface area (Å²) in [5.74, 6) is -0.847. The SMILES string of the molecule is O=C(O)C(CC(=O)N1CCOCC1)NS(=O)(=O)c1ccc(Oc2ccccc2)cc1. The second kappa shape index (κ2) is 9.70. The van der Waals surface area contributed by atoms with Crippen molar-refractivity contribution in [3.8, 4) is 11.5 Å². The second-order valence-corrected chi connectivity index (χ2v) is 8.31. The average Bonchev–Trinajstić information content (AvgIpc) is 2.75. The fourth-order valence-electron chi connectivity index (χ4n) is 2.86. The third kappa shape index (κ3) is 5.78. The number of benzene rings is 2. The molecule has 1 fully saturated rings. The van der Waals surface area contributed by atoms with Crippen LogP contribution in [0.1, 0.15) is 6.42 Å². The predicted octanol–water partition coefficient (Wildman–Crippen LogP) is 1.46. The van der Waals surface area contributed by atoms with Crippen molar-refractivity contribution in [3.05, 3.63) is 54.6 Å². The lowest BCUT2D eigenvalue weighted by molar-refractivity contribution is -0.144. The van der Waals surface area contributed by atoms with Gasteiger partial charge in [-0.15, -0.1) is 0 Å². The quantitative estimate of drug-likeness (QED) is 0.645. The van der Waals surface area contributed by atoms with Gasteiger partial charge in [0.05, 0.1) is 24.5 Å². The molecule has 1 aliphatic heterocycles. The Bertz CT molecular complexity index is 972. The van der Waals surface area contributed by atoms with Crippen molar-refractivity contribution < 1.29 is 32.6 Å². The molecule has 2 N–H and O–H groups in total. The van der Waals surface area contributed by atoms with Crippen molar-refractivity contribution in [1.82, 2.24) is 9.62 Å². The first kappa shape index (κ1) is 21.8. The zero-order valence-corrected chi connectivity index (χ0v) is 16.9. The van der Waals surface area contributed by atoms with Crippen molar-refractivity contribution in [1.29, 1.82) is 0 Å². The van der Waals surface area contributed by atoms with Crippen molar-refractivity contribution in [2.75, 3.05) is 26.3 Å². The van der Waals surface area contributed by atoms with E-state index < -0.39 is 34.4 Å². The number of amides is 1. The Kier molecular flexibility index (Phi) is 7.03. The smallest absolute Gasteiger partial charge is 0.322 e. The van der Waals surface area contributed by atoms with Gasteiger partial charge < -0.3 is 19.5 Å². The third-order valence-corrected chi connectivity index (χ3v) is 5.94. The van der Waals surface area contributed by atoms with Gasteiger partial charge in [0.25, 0.3) is 0 Å². The minimum absolute atomic E-state index is 0.131. The summed E-state index contributed by atoms with van der Waals surface area (Å²) in [6.45, 7) is 1.43. The topological polar surface area (TPSA) is 122 Å². The molecule has 0 radical (unpaired) electrons. The summed E-state index contributed by atoms with van der Waals surface area (Å²) >= 11 is 0. The molecule has 3 rings (SSSR count). The van der Waals surface area contributed by atoms with Crippen LogP contribution in [-0.2, 0) is 24.3 Å². The molecule has 10 heteroatoms. The molecule has 1 aliphatic rings. The number of carbonyl (C=O) groups is 2. The zero-order valence-electron chi connectivity index (χ0n) is 16.1. The number of ether oxygens (including phenoxy) is 2. The molecular weight excluding hydrogens is 412 g/mol. The number of carboxylic acids is 1. The number of carbonyl (C=O) groups excluding carboxylic acids is 1. The van der Waals surface area contributed by atoms with Crippen LogP contribution < -0.4 is 9.46 Å². The highest BCUT2D eigenvalue weighted by Gasteiger charge is 2.30. The fraction of sp³-hybridized carbons (Fsp3) is 0.300. The van der Waals surface area contributed by atoms with Gasteiger partial charge in [-0.1, -0.05) is 18.2 Å². The largest absolute Gasteiger partial charge is 0.480 e. The number of para-hydroxylation sites is 1. The Labute approximate surface area is 174 Å². The van der Waals surface area contributed by atoms with E-state index in [0.717, 1.165) is 0 Å². The number of aliphatic carboxylic acids is 1. The van der Waals surface area contributed by atoms with Crippen LogP contribution in [0.5, 0.6) is 11.5 Å². The Hall–Kier alpha value is -2.95. The van der Waals surface area contributed by atoms with Crippen LogP contribution in [0, 0.1) is 0 Å². The van der Waals surface area contributed by atoms with Gasteiger partial charge in [0.2, 0.25) is 15.9 Å². The first-order chi connectivity index (χ1) is 14.3. The monoisotopic (exact) mass is 434 g/mol. The molecule has 0 aliphatic carbocycles. The van der Waals surface area contributed by atoms with E-state index in [1.165, 1.54) is 29.2 Å². The van der Waals surface area contributed by atoms with E-state index in [-0.39, 0.29) is 4.90 Å². The number of hydrogen-bond donors (Lipinski definition) is 2. The van der Waals surface area contributed by atoms with Crippen LogP contribution in [0.3, 0.4) is 0 Å². The maximum absolute atomic E-state index is 12.6. The van der Waals surface area contributed by atoms with Gasteiger partial charge in [0.15, 0.2) is 0 Å². The van der Waals surface area contributed by atoms with Crippen molar-refractivity contribution in [3.63, 3.8) is 0 Å². The number of nitrogens with one attached hydrogen (secondary N) is 1. The van der Waals surface area contributed by atoms with Gasteiger partial charge in [0, 0.05) is 13.1 Å². The molecule has 1 saturated heterocycles. The molecule has 1 unspecified atom stereocenters. The van der Waals surface area contributed by atoms with Gasteiger partial charge in [0.1, 0.15) is 17.5 Å². The van der Waals surface area contributed by atoms with Gasteiger partial charge in [-0.2, -0.15) is 4.72 Å². The van der Waals surface area contributed by atoms with Crippen LogP contribution in [0.2, 0.25) is 0 Å². The Balaban J connectivity index is 1.66. The van der Waals surface area contributed by atoms with Crippen molar-refractivity contribution >= 4 is 21.9 Å². The molecular formula is C20H22N2O7S. The molecule has 0 bridgehead atoms. The van der Waals surface area contributed by atoms with E-state index in [0.29, 0.717) is 37.8 Å². The van der Waals surface area contributed by atoms with Crippen LogP contribution in [0.15, 0.2) is 59.5 Å². The zero-order chi connectivity index (χ0) is 21.6. The van der Waals surface area contributed by atoms with E-state index in [9.17, 15) is 23.1 Å². The minimum Gasteiger partial charge on any atom is -0.480 e. The van der Waals surface area contributed by atoms with E-state index in [2.05, 4.69) is 4.72 Å². The molecule has 2 aromatic rings. The van der Waals surface area contributed by atoms with Crippen LogP contribution in [0.25, 0.3) is 0 Å². The maximum Gasteiger partial charge on any atom is 0.322 e. The van der Waals surface area contributed by atoms with Crippen LogP contribution in [0.4, 0.5) is 0 Å². The summed E-state index contributed by atoms with van der Waals surface area (Å²) in [6.07, 6.45) is -0.482. The summed E-state index contributed by atoms with van der Waals surface area (Å²) in [6, 6.07) is 13.0. The van der Waals surface area contributed by atoms with Crippen LogP contribution in [-0.4, -0.2) is 62.6 Å². The molecule has 160 valence electrons. The number of rotatable bonds is 8. The predicted molar refractivity (Wildman–Crippen MR) is 107 cm³/mol. The fourth-order valence-corrected chi connectivity index (χ4v) is 4.05. The van der Waals surface area contributed by atoms with E-state index in [4.69, 9.17) is 9.47 Å². The first-order valence-electron chi connectivity index (χ1n) is 9.29. The number of hydrogen-bond acceptors (Lipinski definition) is 6. The molecule has 0 saturated carbocycles.